The van der Waals surface area contributed by atoms with Gasteiger partial charge in [0.1, 0.15) is 11.4 Å². The second-order valence-electron chi connectivity index (χ2n) is 7.83. The first kappa shape index (κ1) is 22.6. The molecule has 2 aliphatic heterocycles. The molecule has 2 aliphatic rings. The monoisotopic (exact) mass is 433 g/mol. The number of hydrogen-bond acceptors (Lipinski definition) is 5. The molecule has 30 heavy (non-hydrogen) atoms. The second-order valence-corrected chi connectivity index (χ2v) is 7.83. The molecule has 2 saturated heterocycles. The number of piperazine rings is 1. The van der Waals surface area contributed by atoms with E-state index >= 15 is 0 Å². The van der Waals surface area contributed by atoms with Crippen LogP contribution in [0.2, 0.25) is 0 Å². The Bertz CT molecular complexity index is 796. The molecule has 7 nitrogen and oxygen atoms in total. The van der Waals surface area contributed by atoms with Gasteiger partial charge in [-0.15, -0.1) is 12.4 Å². The molecule has 3 heterocycles. The fourth-order valence-corrected chi connectivity index (χ4v) is 4.10. The van der Waals surface area contributed by atoms with Crippen LogP contribution in [0.5, 0.6) is 5.75 Å². The Morgan fingerprint density at radius 2 is 1.93 bits per heavy atom. The molecule has 0 bridgehead atoms. The molecule has 4 rings (SSSR count). The minimum Gasteiger partial charge on any atom is -0.494 e. The first-order valence-corrected chi connectivity index (χ1v) is 10.7. The number of carbonyl (C=O) groups excluding carboxylic acids is 1. The van der Waals surface area contributed by atoms with Crippen LogP contribution in [0, 0.1) is 0 Å². The molecular formula is C22H32ClN5O2. The highest BCUT2D eigenvalue weighted by atomic mass is 35.5. The summed E-state index contributed by atoms with van der Waals surface area (Å²) in [6.45, 7) is 8.83. The van der Waals surface area contributed by atoms with E-state index in [1.54, 1.807) is 0 Å². The zero-order valence-corrected chi connectivity index (χ0v) is 18.4. The lowest BCUT2D eigenvalue weighted by Crippen LogP contribution is -2.48. The van der Waals surface area contributed by atoms with E-state index in [4.69, 9.17) is 4.74 Å². The van der Waals surface area contributed by atoms with Crippen LogP contribution in [0.25, 0.3) is 0 Å². The van der Waals surface area contributed by atoms with Gasteiger partial charge in [0.05, 0.1) is 12.6 Å². The van der Waals surface area contributed by atoms with Gasteiger partial charge in [-0.2, -0.15) is 5.10 Å². The molecule has 1 aromatic heterocycles. The fraction of sp³-hybridized carbons (Fsp3) is 0.545. The van der Waals surface area contributed by atoms with Crippen molar-refractivity contribution in [2.45, 2.75) is 32.4 Å². The largest absolute Gasteiger partial charge is 0.494 e. The molecule has 0 saturated carbocycles. The molecule has 1 amide bonds. The molecule has 1 N–H and O–H groups in total. The Morgan fingerprint density at radius 3 is 2.60 bits per heavy atom. The van der Waals surface area contributed by atoms with Gasteiger partial charge < -0.3 is 15.0 Å². The van der Waals surface area contributed by atoms with Gasteiger partial charge in [0.2, 0.25) is 0 Å². The first-order chi connectivity index (χ1) is 14.2. The first-order valence-electron chi connectivity index (χ1n) is 10.7. The van der Waals surface area contributed by atoms with Gasteiger partial charge in [0.25, 0.3) is 5.91 Å². The van der Waals surface area contributed by atoms with Crippen LogP contribution in [0.15, 0.2) is 36.5 Å². The molecule has 8 heteroatoms. The average Bonchev–Trinajstić information content (AvgIpc) is 3.26. The van der Waals surface area contributed by atoms with Crippen LogP contribution < -0.4 is 10.1 Å². The SMILES string of the molecule is CCOc1ccc(CN2CCN(C(=O)c3ccn(C4CCCNC4)n3)CC2)cc1.Cl. The molecule has 0 aliphatic carbocycles. The van der Waals surface area contributed by atoms with E-state index in [9.17, 15) is 4.79 Å². The predicted molar refractivity (Wildman–Crippen MR) is 119 cm³/mol. The number of aromatic nitrogens is 2. The van der Waals surface area contributed by atoms with E-state index in [2.05, 4.69) is 27.4 Å². The van der Waals surface area contributed by atoms with E-state index in [0.29, 0.717) is 18.3 Å². The van der Waals surface area contributed by atoms with Crippen molar-refractivity contribution in [2.75, 3.05) is 45.9 Å². The molecule has 1 unspecified atom stereocenters. The second kappa shape index (κ2) is 10.8. The third-order valence-corrected chi connectivity index (χ3v) is 5.77. The zero-order chi connectivity index (χ0) is 20.1. The number of carbonyl (C=O) groups is 1. The standard InChI is InChI=1S/C22H31N5O2.ClH/c1-2-29-20-7-5-18(6-8-20)17-25-12-14-26(15-13-25)22(28)21-9-11-27(24-21)19-4-3-10-23-16-19;/h5-9,11,19,23H,2-4,10,12-17H2,1H3;1H. The molecule has 2 fully saturated rings. The summed E-state index contributed by atoms with van der Waals surface area (Å²) in [7, 11) is 0. The van der Waals surface area contributed by atoms with E-state index in [1.807, 2.05) is 40.9 Å². The number of nitrogens with one attached hydrogen (secondary N) is 1. The van der Waals surface area contributed by atoms with Crippen LogP contribution in [0.1, 0.15) is 41.9 Å². The van der Waals surface area contributed by atoms with Crippen molar-refractivity contribution in [3.63, 3.8) is 0 Å². The maximum Gasteiger partial charge on any atom is 0.274 e. The maximum atomic E-state index is 12.9. The van der Waals surface area contributed by atoms with E-state index in [0.717, 1.165) is 64.4 Å². The van der Waals surface area contributed by atoms with Crippen LogP contribution in [0.3, 0.4) is 0 Å². The lowest BCUT2D eigenvalue weighted by atomic mass is 10.1. The minimum atomic E-state index is 0. The van der Waals surface area contributed by atoms with E-state index in [-0.39, 0.29) is 18.3 Å². The van der Waals surface area contributed by atoms with Crippen LogP contribution >= 0.6 is 12.4 Å². The van der Waals surface area contributed by atoms with Gasteiger partial charge in [-0.05, 0) is 50.1 Å². The number of piperidine rings is 1. The Morgan fingerprint density at radius 1 is 1.17 bits per heavy atom. The Kier molecular flexibility index (Phi) is 8.13. The molecular weight excluding hydrogens is 402 g/mol. The van der Waals surface area contributed by atoms with Crippen molar-refractivity contribution in [1.29, 1.82) is 0 Å². The number of amides is 1. The Hall–Kier alpha value is -2.09. The summed E-state index contributed by atoms with van der Waals surface area (Å²) in [5.74, 6) is 0.961. The topological polar surface area (TPSA) is 62.6 Å². The fourth-order valence-electron chi connectivity index (χ4n) is 4.10. The molecule has 1 aromatic carbocycles. The Labute approximate surface area is 184 Å². The highest BCUT2D eigenvalue weighted by molar-refractivity contribution is 5.92. The number of hydrogen-bond donors (Lipinski definition) is 1. The third-order valence-electron chi connectivity index (χ3n) is 5.77. The highest BCUT2D eigenvalue weighted by Crippen LogP contribution is 2.18. The quantitative estimate of drug-likeness (QED) is 0.758. The van der Waals surface area contributed by atoms with Gasteiger partial charge in [0, 0.05) is 45.5 Å². The number of rotatable bonds is 6. The molecule has 0 spiro atoms. The van der Waals surface area contributed by atoms with Crippen molar-refractivity contribution in [3.8, 4) is 5.75 Å². The van der Waals surface area contributed by atoms with Crippen molar-refractivity contribution in [1.82, 2.24) is 24.9 Å². The summed E-state index contributed by atoms with van der Waals surface area (Å²) in [5, 5.41) is 7.98. The van der Waals surface area contributed by atoms with Crippen LogP contribution in [0.4, 0.5) is 0 Å². The van der Waals surface area contributed by atoms with Gasteiger partial charge in [0.15, 0.2) is 0 Å². The Balaban J connectivity index is 0.00000256. The number of halogens is 1. The molecule has 164 valence electrons. The zero-order valence-electron chi connectivity index (χ0n) is 17.6. The van der Waals surface area contributed by atoms with Gasteiger partial charge in [-0.25, -0.2) is 0 Å². The van der Waals surface area contributed by atoms with Crippen LogP contribution in [-0.4, -0.2) is 71.4 Å². The summed E-state index contributed by atoms with van der Waals surface area (Å²) in [4.78, 5) is 17.2. The van der Waals surface area contributed by atoms with Gasteiger partial charge in [-0.1, -0.05) is 12.1 Å². The molecule has 1 atom stereocenters. The van der Waals surface area contributed by atoms with Crippen molar-refractivity contribution in [3.05, 3.63) is 47.8 Å². The highest BCUT2D eigenvalue weighted by Gasteiger charge is 2.25. The number of ether oxygens (including phenoxy) is 1. The third kappa shape index (κ3) is 5.53. The minimum absolute atomic E-state index is 0. The smallest absolute Gasteiger partial charge is 0.274 e. The summed E-state index contributed by atoms with van der Waals surface area (Å²) >= 11 is 0. The summed E-state index contributed by atoms with van der Waals surface area (Å²) in [6.07, 6.45) is 4.23. The van der Waals surface area contributed by atoms with Crippen molar-refractivity contribution in [2.24, 2.45) is 0 Å². The van der Waals surface area contributed by atoms with Gasteiger partial charge >= 0.3 is 0 Å². The van der Waals surface area contributed by atoms with Crippen molar-refractivity contribution < 1.29 is 9.53 Å². The van der Waals surface area contributed by atoms with Crippen molar-refractivity contribution >= 4 is 18.3 Å². The normalized spacial score (nSPS) is 19.9. The van der Waals surface area contributed by atoms with Gasteiger partial charge in [-0.3, -0.25) is 14.4 Å². The molecule has 2 aromatic rings. The summed E-state index contributed by atoms with van der Waals surface area (Å²) in [5.41, 5.74) is 1.84. The van der Waals surface area contributed by atoms with E-state index < -0.39 is 0 Å². The summed E-state index contributed by atoms with van der Waals surface area (Å²) < 4.78 is 7.46. The predicted octanol–water partition coefficient (Wildman–Crippen LogP) is 2.59. The summed E-state index contributed by atoms with van der Waals surface area (Å²) in [6, 6.07) is 10.5. The number of nitrogens with zero attached hydrogens (tertiary/aromatic N) is 4. The maximum absolute atomic E-state index is 12.9. The molecule has 0 radical (unpaired) electrons. The lowest BCUT2D eigenvalue weighted by molar-refractivity contribution is 0.0621. The average molecular weight is 434 g/mol. The number of benzene rings is 1. The van der Waals surface area contributed by atoms with E-state index in [1.165, 1.54) is 5.56 Å². The lowest BCUT2D eigenvalue weighted by Gasteiger charge is -2.34. The van der Waals surface area contributed by atoms with Crippen LogP contribution in [-0.2, 0) is 6.54 Å².